The van der Waals surface area contributed by atoms with Gasteiger partial charge in [-0.2, -0.15) is 0 Å². The highest BCUT2D eigenvalue weighted by molar-refractivity contribution is 5.78. The lowest BCUT2D eigenvalue weighted by Gasteiger charge is -2.31. The van der Waals surface area contributed by atoms with E-state index in [-0.39, 0.29) is 18.6 Å². The molecule has 116 valence electrons. The second-order valence-corrected chi connectivity index (χ2v) is 5.39. The first-order valence-corrected chi connectivity index (χ1v) is 7.50. The second kappa shape index (κ2) is 7.88. The largest absolute Gasteiger partial charge is 0.493 e. The van der Waals surface area contributed by atoms with E-state index in [1.165, 1.54) is 6.42 Å². The summed E-state index contributed by atoms with van der Waals surface area (Å²) >= 11 is 0. The number of methoxy groups -OCH3 is 1. The number of para-hydroxylation sites is 2. The van der Waals surface area contributed by atoms with Crippen LogP contribution in [0.4, 0.5) is 0 Å². The van der Waals surface area contributed by atoms with Crippen LogP contribution in [0.3, 0.4) is 0 Å². The second-order valence-electron chi connectivity index (χ2n) is 5.39. The van der Waals surface area contributed by atoms with Crippen molar-refractivity contribution in [2.75, 3.05) is 20.3 Å². The van der Waals surface area contributed by atoms with E-state index in [4.69, 9.17) is 15.2 Å². The highest BCUT2D eigenvalue weighted by Crippen LogP contribution is 2.26. The molecule has 5 nitrogen and oxygen atoms in total. The molecule has 3 N–H and O–H groups in total. The summed E-state index contributed by atoms with van der Waals surface area (Å²) in [6.45, 7) is 0.618. The molecule has 0 bridgehead atoms. The Kier molecular flexibility index (Phi) is 5.87. The average Bonchev–Trinajstić information content (AvgIpc) is 2.53. The number of amides is 1. The van der Waals surface area contributed by atoms with Gasteiger partial charge in [0, 0.05) is 6.04 Å². The molecule has 1 aliphatic rings. The third-order valence-corrected chi connectivity index (χ3v) is 3.99. The van der Waals surface area contributed by atoms with Gasteiger partial charge in [0.1, 0.15) is 0 Å². The molecule has 0 saturated heterocycles. The first-order chi connectivity index (χ1) is 10.2. The minimum atomic E-state index is -0.105. The number of nitrogens with one attached hydrogen (secondary N) is 1. The van der Waals surface area contributed by atoms with E-state index in [1.54, 1.807) is 19.2 Å². The predicted molar refractivity (Wildman–Crippen MR) is 81.4 cm³/mol. The maximum atomic E-state index is 12.0. The lowest BCUT2D eigenvalue weighted by atomic mass is 9.84. The minimum Gasteiger partial charge on any atom is -0.493 e. The van der Waals surface area contributed by atoms with Gasteiger partial charge in [0.05, 0.1) is 7.11 Å². The van der Waals surface area contributed by atoms with Crippen LogP contribution in [-0.2, 0) is 4.79 Å². The van der Waals surface area contributed by atoms with Gasteiger partial charge in [-0.05, 0) is 37.4 Å². The third-order valence-electron chi connectivity index (χ3n) is 3.99. The van der Waals surface area contributed by atoms with Crippen molar-refractivity contribution in [3.63, 3.8) is 0 Å². The Morgan fingerprint density at radius 3 is 2.71 bits per heavy atom. The average molecular weight is 292 g/mol. The Morgan fingerprint density at radius 1 is 1.29 bits per heavy atom. The number of nitrogens with two attached hydrogens (primary N) is 1. The van der Waals surface area contributed by atoms with Gasteiger partial charge in [-0.25, -0.2) is 0 Å². The van der Waals surface area contributed by atoms with E-state index in [0.29, 0.717) is 24.0 Å². The normalized spacial score (nSPS) is 21.6. The summed E-state index contributed by atoms with van der Waals surface area (Å²) < 4.78 is 10.7. The SMILES string of the molecule is COc1ccccc1OCC(=O)NC1CCCCC1CN. The molecule has 1 aliphatic carbocycles. The molecule has 0 aromatic heterocycles. The number of carbonyl (C=O) groups excluding carboxylic acids is 1. The van der Waals surface area contributed by atoms with Gasteiger partial charge in [-0.1, -0.05) is 25.0 Å². The standard InChI is InChI=1S/C16H24N2O3/c1-20-14-8-4-5-9-15(14)21-11-16(19)18-13-7-3-2-6-12(13)10-17/h4-5,8-9,12-13H,2-3,6-7,10-11,17H2,1H3,(H,18,19). The Labute approximate surface area is 125 Å². The molecule has 21 heavy (non-hydrogen) atoms. The van der Waals surface area contributed by atoms with E-state index < -0.39 is 0 Å². The summed E-state index contributed by atoms with van der Waals surface area (Å²) in [7, 11) is 1.58. The van der Waals surface area contributed by atoms with Gasteiger partial charge in [0.15, 0.2) is 18.1 Å². The number of hydrogen-bond acceptors (Lipinski definition) is 4. The summed E-state index contributed by atoms with van der Waals surface area (Å²) in [5.74, 6) is 1.48. The number of rotatable bonds is 6. The summed E-state index contributed by atoms with van der Waals surface area (Å²) in [5, 5.41) is 3.04. The zero-order valence-electron chi connectivity index (χ0n) is 12.5. The minimum absolute atomic E-state index is 0.00579. The number of ether oxygens (including phenoxy) is 2. The fraction of sp³-hybridized carbons (Fsp3) is 0.562. The summed E-state index contributed by atoms with van der Waals surface area (Å²) in [6.07, 6.45) is 4.44. The molecule has 1 aromatic carbocycles. The van der Waals surface area contributed by atoms with Crippen LogP contribution in [0.15, 0.2) is 24.3 Å². The third kappa shape index (κ3) is 4.36. The number of benzene rings is 1. The van der Waals surface area contributed by atoms with Crippen LogP contribution in [0, 0.1) is 5.92 Å². The lowest BCUT2D eigenvalue weighted by molar-refractivity contribution is -0.124. The Morgan fingerprint density at radius 2 is 2.00 bits per heavy atom. The van der Waals surface area contributed by atoms with Gasteiger partial charge in [0.2, 0.25) is 0 Å². The molecule has 5 heteroatoms. The Hall–Kier alpha value is -1.75. The van der Waals surface area contributed by atoms with Crippen molar-refractivity contribution in [1.29, 1.82) is 0 Å². The molecule has 2 unspecified atom stereocenters. The monoisotopic (exact) mass is 292 g/mol. The molecule has 0 aliphatic heterocycles. The van der Waals surface area contributed by atoms with Gasteiger partial charge in [0.25, 0.3) is 5.91 Å². The smallest absolute Gasteiger partial charge is 0.258 e. The highest BCUT2D eigenvalue weighted by atomic mass is 16.5. The van der Waals surface area contributed by atoms with E-state index >= 15 is 0 Å². The summed E-state index contributed by atoms with van der Waals surface area (Å²) in [4.78, 5) is 12.0. The van der Waals surface area contributed by atoms with Crippen LogP contribution in [-0.4, -0.2) is 32.2 Å². The van der Waals surface area contributed by atoms with Gasteiger partial charge in [-0.15, -0.1) is 0 Å². The van der Waals surface area contributed by atoms with E-state index in [1.807, 2.05) is 12.1 Å². The Bertz CT molecular complexity index is 465. The first kappa shape index (κ1) is 15.6. The van der Waals surface area contributed by atoms with Crippen LogP contribution in [0.1, 0.15) is 25.7 Å². The van der Waals surface area contributed by atoms with Crippen molar-refractivity contribution >= 4 is 5.91 Å². The van der Waals surface area contributed by atoms with Crippen molar-refractivity contribution in [1.82, 2.24) is 5.32 Å². The van der Waals surface area contributed by atoms with Gasteiger partial charge < -0.3 is 20.5 Å². The predicted octanol–water partition coefficient (Wildman–Crippen LogP) is 1.71. The van der Waals surface area contributed by atoms with Crippen LogP contribution < -0.4 is 20.5 Å². The summed E-state index contributed by atoms with van der Waals surface area (Å²) in [6, 6.07) is 7.48. The van der Waals surface area contributed by atoms with E-state index in [2.05, 4.69) is 5.32 Å². The molecule has 1 saturated carbocycles. The maximum absolute atomic E-state index is 12.0. The molecule has 0 radical (unpaired) electrons. The number of hydrogen-bond donors (Lipinski definition) is 2. The van der Waals surface area contributed by atoms with Crippen LogP contribution in [0.2, 0.25) is 0 Å². The molecule has 0 heterocycles. The Balaban J connectivity index is 1.84. The van der Waals surface area contributed by atoms with Crippen LogP contribution in [0.5, 0.6) is 11.5 Å². The molecule has 1 amide bonds. The van der Waals surface area contributed by atoms with Gasteiger partial charge >= 0.3 is 0 Å². The fourth-order valence-electron chi connectivity index (χ4n) is 2.81. The molecule has 2 atom stereocenters. The van der Waals surface area contributed by atoms with Crippen molar-refractivity contribution in [2.45, 2.75) is 31.7 Å². The van der Waals surface area contributed by atoms with E-state index in [0.717, 1.165) is 19.3 Å². The topological polar surface area (TPSA) is 73.6 Å². The first-order valence-electron chi connectivity index (χ1n) is 7.50. The molecule has 2 rings (SSSR count). The zero-order chi connectivity index (χ0) is 15.1. The fourth-order valence-corrected chi connectivity index (χ4v) is 2.81. The molecule has 1 fully saturated rings. The van der Waals surface area contributed by atoms with Crippen molar-refractivity contribution in [3.05, 3.63) is 24.3 Å². The van der Waals surface area contributed by atoms with E-state index in [9.17, 15) is 4.79 Å². The highest BCUT2D eigenvalue weighted by Gasteiger charge is 2.25. The molecule has 1 aromatic rings. The van der Waals surface area contributed by atoms with Crippen molar-refractivity contribution in [3.8, 4) is 11.5 Å². The van der Waals surface area contributed by atoms with Crippen molar-refractivity contribution in [2.24, 2.45) is 11.7 Å². The lowest BCUT2D eigenvalue weighted by Crippen LogP contribution is -2.46. The molecule has 0 spiro atoms. The number of carbonyl (C=O) groups is 1. The zero-order valence-corrected chi connectivity index (χ0v) is 12.5. The van der Waals surface area contributed by atoms with Crippen molar-refractivity contribution < 1.29 is 14.3 Å². The molecular formula is C16H24N2O3. The maximum Gasteiger partial charge on any atom is 0.258 e. The quantitative estimate of drug-likeness (QED) is 0.837. The molecular weight excluding hydrogens is 268 g/mol. The van der Waals surface area contributed by atoms with Crippen LogP contribution in [0.25, 0.3) is 0 Å². The van der Waals surface area contributed by atoms with Crippen LogP contribution >= 0.6 is 0 Å². The summed E-state index contributed by atoms with van der Waals surface area (Å²) in [5.41, 5.74) is 5.77. The van der Waals surface area contributed by atoms with Gasteiger partial charge in [-0.3, -0.25) is 4.79 Å².